The van der Waals surface area contributed by atoms with E-state index in [4.69, 9.17) is 5.84 Å². The van der Waals surface area contributed by atoms with E-state index in [1.165, 1.54) is 0 Å². The van der Waals surface area contributed by atoms with Gasteiger partial charge in [-0.2, -0.15) is 5.10 Å². The van der Waals surface area contributed by atoms with Gasteiger partial charge in [0.05, 0.1) is 29.1 Å². The van der Waals surface area contributed by atoms with Crippen LogP contribution in [0.2, 0.25) is 0 Å². The Bertz CT molecular complexity index is 1060. The van der Waals surface area contributed by atoms with Crippen molar-refractivity contribution in [2.75, 3.05) is 38.1 Å². The predicted molar refractivity (Wildman–Crippen MR) is 127 cm³/mol. The van der Waals surface area contributed by atoms with E-state index in [9.17, 15) is 19.2 Å². The van der Waals surface area contributed by atoms with Crippen molar-refractivity contribution < 1.29 is 19.2 Å². The molecule has 0 spiro atoms. The third kappa shape index (κ3) is 4.69. The SMILES string of the molecule is CN(CC(C=NCC1CCCNC1)=NN)c1cccc2c1C(=O)N(C1CCC(=O)NC1=O)C2=O. The minimum atomic E-state index is -1.01. The number of piperidine rings is 2. The van der Waals surface area contributed by atoms with Crippen molar-refractivity contribution in [2.45, 2.75) is 31.7 Å². The quantitative estimate of drug-likeness (QED) is 0.219. The van der Waals surface area contributed by atoms with Gasteiger partial charge in [-0.05, 0) is 50.4 Å². The summed E-state index contributed by atoms with van der Waals surface area (Å²) < 4.78 is 0. The number of anilines is 1. The normalized spacial score (nSPS) is 23.4. The molecule has 180 valence electrons. The highest BCUT2D eigenvalue weighted by Crippen LogP contribution is 2.33. The fourth-order valence-electron chi connectivity index (χ4n) is 4.65. The number of nitrogens with one attached hydrogen (secondary N) is 2. The van der Waals surface area contributed by atoms with Crippen molar-refractivity contribution >= 4 is 41.2 Å². The Balaban J connectivity index is 1.49. The molecule has 3 aliphatic heterocycles. The Labute approximate surface area is 197 Å². The van der Waals surface area contributed by atoms with Crippen molar-refractivity contribution in [3.05, 3.63) is 29.3 Å². The molecule has 4 rings (SSSR count). The standard InChI is InChI=1S/C23H29N7O4/c1-29(13-15(28-24)12-26-11-14-4-3-9-25-10-14)17-6-2-5-16-20(17)23(34)30(22(16)33)18-7-8-19(31)27-21(18)32/h2,5-6,12,14,18,25H,3-4,7-11,13,24H2,1H3,(H,27,31,32). The summed E-state index contributed by atoms with van der Waals surface area (Å²) in [7, 11) is 1.77. The lowest BCUT2D eigenvalue weighted by atomic mass is 10.0. The molecule has 2 fully saturated rings. The summed E-state index contributed by atoms with van der Waals surface area (Å²) in [6.45, 7) is 2.95. The molecular formula is C23H29N7O4. The lowest BCUT2D eigenvalue weighted by Gasteiger charge is -2.28. The highest BCUT2D eigenvalue weighted by molar-refractivity contribution is 6.32. The number of benzene rings is 1. The van der Waals surface area contributed by atoms with Crippen molar-refractivity contribution in [1.82, 2.24) is 15.5 Å². The van der Waals surface area contributed by atoms with Crippen LogP contribution < -0.4 is 21.4 Å². The number of hydrogen-bond acceptors (Lipinski definition) is 9. The first-order chi connectivity index (χ1) is 16.4. The molecule has 2 unspecified atom stereocenters. The number of fused-ring (bicyclic) bond motifs is 1. The van der Waals surface area contributed by atoms with E-state index in [1.807, 2.05) is 0 Å². The number of carbonyl (C=O) groups is 4. The molecule has 11 heteroatoms. The maximum Gasteiger partial charge on any atom is 0.264 e. The summed E-state index contributed by atoms with van der Waals surface area (Å²) in [6, 6.07) is 3.98. The number of imide groups is 2. The van der Waals surface area contributed by atoms with Gasteiger partial charge in [0.15, 0.2) is 0 Å². The molecule has 2 atom stereocenters. The van der Waals surface area contributed by atoms with Crippen LogP contribution in [0.4, 0.5) is 5.69 Å². The van der Waals surface area contributed by atoms with Crippen LogP contribution in [0.3, 0.4) is 0 Å². The van der Waals surface area contributed by atoms with Gasteiger partial charge in [0.25, 0.3) is 11.8 Å². The van der Waals surface area contributed by atoms with Crippen molar-refractivity contribution in [2.24, 2.45) is 21.9 Å². The molecule has 0 aliphatic carbocycles. The summed E-state index contributed by atoms with van der Waals surface area (Å²) in [4.78, 5) is 57.4. The molecule has 0 aromatic heterocycles. The first-order valence-electron chi connectivity index (χ1n) is 11.4. The number of rotatable bonds is 7. The van der Waals surface area contributed by atoms with Gasteiger partial charge in [0.2, 0.25) is 11.8 Å². The van der Waals surface area contributed by atoms with E-state index in [0.29, 0.717) is 23.9 Å². The molecule has 11 nitrogen and oxygen atoms in total. The average Bonchev–Trinajstić information content (AvgIpc) is 3.09. The monoisotopic (exact) mass is 467 g/mol. The third-order valence-electron chi connectivity index (χ3n) is 6.43. The van der Waals surface area contributed by atoms with Crippen LogP contribution in [0, 0.1) is 5.92 Å². The second-order valence-electron chi connectivity index (χ2n) is 8.83. The first kappa shape index (κ1) is 23.6. The van der Waals surface area contributed by atoms with Crippen molar-refractivity contribution in [3.63, 3.8) is 0 Å². The molecule has 4 N–H and O–H groups in total. The molecule has 1 aromatic carbocycles. The molecule has 4 amide bonds. The zero-order chi connectivity index (χ0) is 24.2. The van der Waals surface area contributed by atoms with Gasteiger partial charge in [-0.15, -0.1) is 0 Å². The maximum atomic E-state index is 13.3. The topological polar surface area (TPSA) is 150 Å². The zero-order valence-electron chi connectivity index (χ0n) is 19.1. The molecule has 3 aliphatic rings. The van der Waals surface area contributed by atoms with Gasteiger partial charge in [-0.3, -0.25) is 34.4 Å². The fraction of sp³-hybridized carbons (Fsp3) is 0.478. The highest BCUT2D eigenvalue weighted by Gasteiger charge is 2.45. The smallest absolute Gasteiger partial charge is 0.264 e. The zero-order valence-corrected chi connectivity index (χ0v) is 19.1. The molecule has 0 radical (unpaired) electrons. The van der Waals surface area contributed by atoms with E-state index in [-0.39, 0.29) is 30.5 Å². The van der Waals surface area contributed by atoms with Gasteiger partial charge < -0.3 is 16.1 Å². The van der Waals surface area contributed by atoms with E-state index >= 15 is 0 Å². The van der Waals surface area contributed by atoms with Gasteiger partial charge in [0.1, 0.15) is 6.04 Å². The Morgan fingerprint density at radius 1 is 1.24 bits per heavy atom. The molecule has 34 heavy (non-hydrogen) atoms. The van der Waals surface area contributed by atoms with Crippen molar-refractivity contribution in [1.29, 1.82) is 0 Å². The molecule has 3 heterocycles. The lowest BCUT2D eigenvalue weighted by molar-refractivity contribution is -0.136. The molecule has 0 bridgehead atoms. The fourth-order valence-corrected chi connectivity index (χ4v) is 4.65. The van der Waals surface area contributed by atoms with Crippen LogP contribution in [0.1, 0.15) is 46.4 Å². The van der Waals surface area contributed by atoms with Crippen LogP contribution in [0.15, 0.2) is 28.3 Å². The number of hydrazone groups is 1. The van der Waals surface area contributed by atoms with Gasteiger partial charge in [-0.25, -0.2) is 0 Å². The van der Waals surface area contributed by atoms with Crippen LogP contribution in [-0.2, 0) is 9.59 Å². The number of aliphatic imine (C=N–C) groups is 1. The van der Waals surface area contributed by atoms with E-state index in [1.54, 1.807) is 36.4 Å². The Kier molecular flexibility index (Phi) is 7.01. The van der Waals surface area contributed by atoms with Gasteiger partial charge in [0, 0.05) is 26.2 Å². The summed E-state index contributed by atoms with van der Waals surface area (Å²) in [5, 5.41) is 9.40. The van der Waals surface area contributed by atoms with Gasteiger partial charge in [-0.1, -0.05) is 6.07 Å². The number of amides is 4. The molecule has 2 saturated heterocycles. The molecule has 1 aromatic rings. The summed E-state index contributed by atoms with van der Waals surface area (Å²) in [5.41, 5.74) is 1.50. The Hall–Kier alpha value is -3.60. The Morgan fingerprint density at radius 2 is 2.06 bits per heavy atom. The largest absolute Gasteiger partial charge is 0.368 e. The lowest BCUT2D eigenvalue weighted by Crippen LogP contribution is -2.54. The summed E-state index contributed by atoms with van der Waals surface area (Å²) in [5.74, 6) is 3.93. The van der Waals surface area contributed by atoms with Crippen LogP contribution in [0.5, 0.6) is 0 Å². The number of nitrogens with zero attached hydrogens (tertiary/aromatic N) is 4. The summed E-state index contributed by atoms with van der Waals surface area (Å²) in [6.07, 6.45) is 4.11. The summed E-state index contributed by atoms with van der Waals surface area (Å²) >= 11 is 0. The van der Waals surface area contributed by atoms with E-state index in [2.05, 4.69) is 20.7 Å². The van der Waals surface area contributed by atoms with E-state index in [0.717, 1.165) is 30.8 Å². The number of hydrogen-bond donors (Lipinski definition) is 3. The molecule has 0 saturated carbocycles. The minimum absolute atomic E-state index is 0.0726. The van der Waals surface area contributed by atoms with Crippen molar-refractivity contribution in [3.8, 4) is 0 Å². The van der Waals surface area contributed by atoms with Gasteiger partial charge >= 0.3 is 0 Å². The number of carbonyl (C=O) groups excluding carboxylic acids is 4. The second-order valence-corrected chi connectivity index (χ2v) is 8.83. The van der Waals surface area contributed by atoms with Crippen LogP contribution >= 0.6 is 0 Å². The first-order valence-corrected chi connectivity index (χ1v) is 11.4. The van der Waals surface area contributed by atoms with E-state index < -0.39 is 29.7 Å². The highest BCUT2D eigenvalue weighted by atomic mass is 16.2. The maximum absolute atomic E-state index is 13.3. The van der Waals surface area contributed by atoms with Crippen LogP contribution in [0.25, 0.3) is 0 Å². The minimum Gasteiger partial charge on any atom is -0.368 e. The second kappa shape index (κ2) is 10.1. The average molecular weight is 468 g/mol. The Morgan fingerprint density at radius 3 is 2.76 bits per heavy atom. The molecular weight excluding hydrogens is 438 g/mol. The predicted octanol–water partition coefficient (Wildman–Crippen LogP) is -0.0909. The van der Waals surface area contributed by atoms with Crippen LogP contribution in [-0.4, -0.2) is 79.7 Å². The number of nitrogens with two attached hydrogens (primary N) is 1. The third-order valence-corrected chi connectivity index (χ3v) is 6.43.